The fourth-order valence-electron chi connectivity index (χ4n) is 7.53. The summed E-state index contributed by atoms with van der Waals surface area (Å²) in [6.45, 7) is 20.3. The minimum atomic E-state index is -4.01. The molecule has 0 aliphatic carbocycles. The van der Waals surface area contributed by atoms with Gasteiger partial charge in [-0.2, -0.15) is 0 Å². The molecule has 65 heavy (non-hydrogen) atoms. The molecule has 10 nitrogen and oxygen atoms in total. The van der Waals surface area contributed by atoms with Gasteiger partial charge in [0.15, 0.2) is 0 Å². The minimum Gasteiger partial charge on any atom is -0.490 e. The first-order chi connectivity index (χ1) is 31.8. The second kappa shape index (κ2) is 21.5. The van der Waals surface area contributed by atoms with E-state index >= 15 is 0 Å². The molecule has 4 saturated heterocycles. The third kappa shape index (κ3) is 12.6. The fraction of sp³-hybridized carbons (Fsp3) is 0.333. The minimum absolute atomic E-state index is 0.0133. The Labute approximate surface area is 383 Å². The predicted molar refractivity (Wildman–Crippen MR) is 252 cm³/mol. The van der Waals surface area contributed by atoms with Crippen LogP contribution in [0.4, 0.5) is 0 Å². The largest absolute Gasteiger partial charge is 0.490 e. The molecule has 11 heteroatoms. The third-order valence-electron chi connectivity index (χ3n) is 11.3. The molecule has 0 aromatic heterocycles. The number of epoxide rings is 4. The molecule has 0 bridgehead atoms. The maximum absolute atomic E-state index is 14.7. The number of hydrogen-bond donors (Lipinski definition) is 0. The van der Waals surface area contributed by atoms with Crippen molar-refractivity contribution in [2.75, 3.05) is 52.9 Å². The van der Waals surface area contributed by atoms with Gasteiger partial charge in [0, 0.05) is 0 Å². The highest BCUT2D eigenvalue weighted by atomic mass is 32.2. The predicted octanol–water partition coefficient (Wildman–Crippen LogP) is 9.11. The van der Waals surface area contributed by atoms with Crippen molar-refractivity contribution < 1.29 is 46.3 Å². The summed E-state index contributed by atoms with van der Waals surface area (Å²) in [5, 5.41) is 0. The van der Waals surface area contributed by atoms with Gasteiger partial charge in [0.25, 0.3) is 0 Å². The Kier molecular flexibility index (Phi) is 15.2. The Morgan fingerprint density at radius 1 is 0.462 bits per heavy atom. The Morgan fingerprint density at radius 2 is 0.785 bits per heavy atom. The van der Waals surface area contributed by atoms with Gasteiger partial charge in [0.1, 0.15) is 73.8 Å². The van der Waals surface area contributed by atoms with Gasteiger partial charge in [0.05, 0.1) is 36.2 Å². The number of sulfone groups is 1. The number of ether oxygens (including phenoxy) is 8. The van der Waals surface area contributed by atoms with E-state index in [4.69, 9.17) is 37.9 Å². The van der Waals surface area contributed by atoms with Crippen LogP contribution < -0.4 is 18.9 Å². The normalized spacial score (nSPS) is 19.4. The molecule has 4 atom stereocenters. The standard InChI is InChI=1S/C54H58O10S/c1-5-13-39-23-37(19-21-51(39)61-33-45-29-57-45)38-20-22-52(62-34-46-30-58-46)40(24-38)17-11-9-10-12-18-44-28-50(27-43(16-8-4)54(44)64-36-48-32-60-48)65(55,56)49-25-41(14-6-2)53(42(26-49)15-7-3)63-35-47-31-59-47/h5-12,19-28,45-48H,1-4,13-18,29-36H2/b11-9-,12-10-. The highest BCUT2D eigenvalue weighted by Crippen LogP contribution is 2.37. The topological polar surface area (TPSA) is 121 Å². The molecule has 4 heterocycles. The monoisotopic (exact) mass is 898 g/mol. The quantitative estimate of drug-likeness (QED) is 0.0310. The molecule has 4 aliphatic heterocycles. The average Bonchev–Trinajstić information content (AvgIpc) is 4.06. The third-order valence-corrected chi connectivity index (χ3v) is 13.0. The summed E-state index contributed by atoms with van der Waals surface area (Å²) in [6.07, 6.45) is 18.6. The lowest BCUT2D eigenvalue weighted by molar-refractivity contribution is 0.259. The summed E-state index contributed by atoms with van der Waals surface area (Å²) in [4.78, 5) is 0.350. The summed E-state index contributed by atoms with van der Waals surface area (Å²) in [5.41, 5.74) is 7.21. The molecule has 4 aromatic carbocycles. The zero-order valence-electron chi connectivity index (χ0n) is 36.9. The number of rotatable bonds is 28. The van der Waals surface area contributed by atoms with E-state index in [-0.39, 0.29) is 34.2 Å². The molecule has 0 saturated carbocycles. The first-order valence-electron chi connectivity index (χ1n) is 22.3. The molecule has 0 N–H and O–H groups in total. The van der Waals surface area contributed by atoms with Crippen LogP contribution in [0.15, 0.2) is 145 Å². The van der Waals surface area contributed by atoms with Crippen LogP contribution in [0.2, 0.25) is 0 Å². The summed E-state index contributed by atoms with van der Waals surface area (Å²) >= 11 is 0. The van der Waals surface area contributed by atoms with Crippen LogP contribution >= 0.6 is 0 Å². The summed E-state index contributed by atoms with van der Waals surface area (Å²) in [6, 6.07) is 19.4. The summed E-state index contributed by atoms with van der Waals surface area (Å²) in [7, 11) is -4.01. The Bertz CT molecular complexity index is 2510. The molecule has 0 spiro atoms. The maximum atomic E-state index is 14.7. The van der Waals surface area contributed by atoms with Gasteiger partial charge < -0.3 is 37.9 Å². The summed E-state index contributed by atoms with van der Waals surface area (Å²) < 4.78 is 75.8. The Hall–Kier alpha value is -5.69. The number of benzene rings is 4. The zero-order valence-corrected chi connectivity index (χ0v) is 37.7. The van der Waals surface area contributed by atoms with Gasteiger partial charge in [-0.3, -0.25) is 0 Å². The molecule has 4 fully saturated rings. The Morgan fingerprint density at radius 3 is 1.15 bits per heavy atom. The lowest BCUT2D eigenvalue weighted by Crippen LogP contribution is -2.12. The highest BCUT2D eigenvalue weighted by Gasteiger charge is 2.29. The first-order valence-corrected chi connectivity index (χ1v) is 23.8. The zero-order chi connectivity index (χ0) is 45.2. The molecule has 0 radical (unpaired) electrons. The molecule has 340 valence electrons. The molecular weight excluding hydrogens is 841 g/mol. The molecule has 4 aromatic rings. The van der Waals surface area contributed by atoms with Crippen LogP contribution in [0.25, 0.3) is 11.1 Å². The van der Waals surface area contributed by atoms with Crippen molar-refractivity contribution in [3.8, 4) is 34.1 Å². The average molecular weight is 899 g/mol. The van der Waals surface area contributed by atoms with Crippen LogP contribution in [0, 0.1) is 0 Å². The van der Waals surface area contributed by atoms with Crippen molar-refractivity contribution in [2.24, 2.45) is 0 Å². The van der Waals surface area contributed by atoms with Crippen molar-refractivity contribution in [1.82, 2.24) is 0 Å². The highest BCUT2D eigenvalue weighted by molar-refractivity contribution is 7.91. The second-order valence-electron chi connectivity index (χ2n) is 16.6. The Balaban J connectivity index is 1.04. The van der Waals surface area contributed by atoms with Crippen LogP contribution in [-0.4, -0.2) is 85.7 Å². The lowest BCUT2D eigenvalue weighted by atomic mass is 9.98. The van der Waals surface area contributed by atoms with E-state index in [1.54, 1.807) is 42.5 Å². The molecule has 0 amide bonds. The fourth-order valence-corrected chi connectivity index (χ4v) is 8.99. The van der Waals surface area contributed by atoms with E-state index in [0.29, 0.717) is 96.3 Å². The molecular formula is C54H58O10S. The van der Waals surface area contributed by atoms with E-state index in [1.165, 1.54) is 0 Å². The van der Waals surface area contributed by atoms with E-state index < -0.39 is 9.84 Å². The maximum Gasteiger partial charge on any atom is 0.206 e. The van der Waals surface area contributed by atoms with E-state index in [9.17, 15) is 8.42 Å². The van der Waals surface area contributed by atoms with E-state index in [2.05, 4.69) is 56.7 Å². The SMILES string of the molecule is C=CCc1cc(-c2ccc(OCC3CO3)c(C/C=C\C=C/Cc3cc(S(=O)(=O)c4cc(CC=C)c(OCC5CO5)c(CC=C)c4)cc(CC=C)c3OCC3CO3)c2)ccc1OCC1CO1. The molecule has 4 aliphatic rings. The number of allylic oxidation sites excluding steroid dienone is 8. The van der Waals surface area contributed by atoms with Crippen LogP contribution in [0.3, 0.4) is 0 Å². The molecule has 8 rings (SSSR count). The van der Waals surface area contributed by atoms with Crippen LogP contribution in [-0.2, 0) is 67.3 Å². The smallest absolute Gasteiger partial charge is 0.206 e. The van der Waals surface area contributed by atoms with Gasteiger partial charge in [-0.05, 0) is 132 Å². The van der Waals surface area contributed by atoms with E-state index in [0.717, 1.165) is 62.6 Å². The van der Waals surface area contributed by atoms with E-state index in [1.807, 2.05) is 36.4 Å². The summed E-state index contributed by atoms with van der Waals surface area (Å²) in [5.74, 6) is 2.95. The van der Waals surface area contributed by atoms with Crippen molar-refractivity contribution in [3.63, 3.8) is 0 Å². The van der Waals surface area contributed by atoms with Gasteiger partial charge in [-0.25, -0.2) is 8.42 Å². The van der Waals surface area contributed by atoms with Crippen molar-refractivity contribution >= 4 is 9.84 Å². The van der Waals surface area contributed by atoms with Crippen molar-refractivity contribution in [3.05, 3.63) is 169 Å². The molecule has 4 unspecified atom stereocenters. The van der Waals surface area contributed by atoms with Gasteiger partial charge in [0.2, 0.25) is 9.84 Å². The van der Waals surface area contributed by atoms with Crippen molar-refractivity contribution in [2.45, 2.75) is 72.7 Å². The number of hydrogen-bond acceptors (Lipinski definition) is 10. The lowest BCUT2D eigenvalue weighted by Gasteiger charge is -2.19. The van der Waals surface area contributed by atoms with Crippen LogP contribution in [0.1, 0.15) is 33.4 Å². The van der Waals surface area contributed by atoms with Gasteiger partial charge in [-0.15, -0.1) is 26.3 Å². The second-order valence-corrected chi connectivity index (χ2v) is 18.5. The van der Waals surface area contributed by atoms with Gasteiger partial charge >= 0.3 is 0 Å². The van der Waals surface area contributed by atoms with Gasteiger partial charge in [-0.1, -0.05) is 60.7 Å². The van der Waals surface area contributed by atoms with Crippen LogP contribution in [0.5, 0.6) is 23.0 Å². The van der Waals surface area contributed by atoms with Crippen molar-refractivity contribution in [1.29, 1.82) is 0 Å². The first kappa shape index (κ1) is 45.9.